The number of nitrogens with one attached hydrogen (secondary N) is 2. The fraction of sp³-hybridized carbons (Fsp3) is 0.500. The minimum absolute atomic E-state index is 0.0227. The predicted octanol–water partition coefficient (Wildman–Crippen LogP) is 1.58. The van der Waals surface area contributed by atoms with Crippen LogP contribution in [0.5, 0.6) is 0 Å². The van der Waals surface area contributed by atoms with E-state index >= 15 is 0 Å². The zero-order valence-corrected chi connectivity index (χ0v) is 10.5. The van der Waals surface area contributed by atoms with E-state index in [1.807, 2.05) is 6.92 Å². The van der Waals surface area contributed by atoms with Crippen LogP contribution in [0.25, 0.3) is 0 Å². The van der Waals surface area contributed by atoms with Gasteiger partial charge in [0.2, 0.25) is 0 Å². The lowest BCUT2D eigenvalue weighted by Crippen LogP contribution is -2.14. The molecule has 1 heterocycles. The van der Waals surface area contributed by atoms with Crippen molar-refractivity contribution in [1.82, 2.24) is 4.98 Å². The van der Waals surface area contributed by atoms with Crippen molar-refractivity contribution in [2.24, 2.45) is 0 Å². The molecule has 0 saturated carbocycles. The van der Waals surface area contributed by atoms with Crippen LogP contribution in [0.2, 0.25) is 0 Å². The van der Waals surface area contributed by atoms with Gasteiger partial charge in [-0.15, -0.1) is 0 Å². The summed E-state index contributed by atoms with van der Waals surface area (Å²) in [7, 11) is 0.578. The van der Waals surface area contributed by atoms with Crippen LogP contribution in [-0.4, -0.2) is 34.3 Å². The van der Waals surface area contributed by atoms with Gasteiger partial charge in [0.15, 0.2) is 23.3 Å². The first kappa shape index (κ1) is 13.8. The molecule has 0 aromatic carbocycles. The fourth-order valence-corrected chi connectivity index (χ4v) is 1.81. The smallest absolute Gasteiger partial charge is 0.168 e. The lowest BCUT2D eigenvalue weighted by atomic mass is 10.4. The number of hydrogen-bond acceptors (Lipinski definition) is 4. The lowest BCUT2D eigenvalue weighted by Gasteiger charge is -2.08. The highest BCUT2D eigenvalue weighted by Crippen LogP contribution is 2.18. The Morgan fingerprint density at radius 1 is 1.35 bits per heavy atom. The van der Waals surface area contributed by atoms with Crippen molar-refractivity contribution in [1.29, 1.82) is 0 Å². The number of nitrogens with zero attached hydrogens (tertiary/aromatic N) is 1. The maximum Gasteiger partial charge on any atom is 0.168 e. The van der Waals surface area contributed by atoms with E-state index in [1.165, 1.54) is 7.05 Å². The molecule has 0 aliphatic rings. The van der Waals surface area contributed by atoms with Gasteiger partial charge < -0.3 is 10.6 Å². The summed E-state index contributed by atoms with van der Waals surface area (Å²) in [6.45, 7) is 2.14. The number of rotatable bonds is 6. The summed E-state index contributed by atoms with van der Waals surface area (Å²) in [6, 6.07) is 0.762. The van der Waals surface area contributed by atoms with Gasteiger partial charge in [0.1, 0.15) is 0 Å². The molecule has 1 aromatic rings. The standard InChI is InChI=1S/C10H15F2N3OS/c1-3-17(16)5-4-14-10-8(12)6-7(11)9(13-2)15-10/h6H,3-5H2,1-2H3,(H2,13,14,15). The molecule has 0 amide bonds. The first-order valence-corrected chi connectivity index (χ1v) is 6.70. The molecule has 0 spiro atoms. The van der Waals surface area contributed by atoms with Crippen molar-refractivity contribution in [2.45, 2.75) is 6.92 Å². The van der Waals surface area contributed by atoms with Crippen molar-refractivity contribution >= 4 is 22.4 Å². The van der Waals surface area contributed by atoms with Gasteiger partial charge in [-0.1, -0.05) is 6.92 Å². The molecule has 0 aliphatic carbocycles. The molecule has 0 bridgehead atoms. The fourth-order valence-electron chi connectivity index (χ4n) is 1.19. The molecule has 1 aromatic heterocycles. The van der Waals surface area contributed by atoms with Crippen molar-refractivity contribution in [3.8, 4) is 0 Å². The maximum absolute atomic E-state index is 13.3. The summed E-state index contributed by atoms with van der Waals surface area (Å²) < 4.78 is 37.5. The van der Waals surface area contributed by atoms with E-state index in [2.05, 4.69) is 15.6 Å². The summed E-state index contributed by atoms with van der Waals surface area (Å²) in [5.41, 5.74) is 0. The third-order valence-corrected chi connectivity index (χ3v) is 3.41. The lowest BCUT2D eigenvalue weighted by molar-refractivity contribution is 0.579. The van der Waals surface area contributed by atoms with E-state index in [4.69, 9.17) is 0 Å². The van der Waals surface area contributed by atoms with Crippen LogP contribution in [0.15, 0.2) is 6.07 Å². The molecule has 7 heteroatoms. The Bertz CT molecular complexity index is 415. The molecule has 0 saturated heterocycles. The third kappa shape index (κ3) is 3.92. The topological polar surface area (TPSA) is 54.0 Å². The second-order valence-electron chi connectivity index (χ2n) is 3.26. The summed E-state index contributed by atoms with van der Waals surface area (Å²) in [6.07, 6.45) is 0. The maximum atomic E-state index is 13.3. The quantitative estimate of drug-likeness (QED) is 0.818. The van der Waals surface area contributed by atoms with Crippen molar-refractivity contribution in [2.75, 3.05) is 35.7 Å². The van der Waals surface area contributed by atoms with Gasteiger partial charge in [-0.25, -0.2) is 13.8 Å². The average molecular weight is 263 g/mol. The molecular formula is C10H15F2N3OS. The summed E-state index contributed by atoms with van der Waals surface area (Å²) >= 11 is 0. The minimum Gasteiger partial charge on any atom is -0.371 e. The molecule has 1 atom stereocenters. The Labute approximate surface area is 101 Å². The molecule has 2 N–H and O–H groups in total. The number of anilines is 2. The molecule has 96 valence electrons. The highest BCUT2D eigenvalue weighted by molar-refractivity contribution is 7.84. The first-order chi connectivity index (χ1) is 8.08. The molecule has 0 radical (unpaired) electrons. The van der Waals surface area contributed by atoms with Crippen LogP contribution in [-0.2, 0) is 10.8 Å². The number of hydrogen-bond donors (Lipinski definition) is 2. The Kier molecular flexibility index (Phi) is 5.27. The van der Waals surface area contributed by atoms with Crippen LogP contribution >= 0.6 is 0 Å². The van der Waals surface area contributed by atoms with Gasteiger partial charge in [0.25, 0.3) is 0 Å². The molecule has 1 rings (SSSR count). The normalized spacial score (nSPS) is 12.2. The van der Waals surface area contributed by atoms with Gasteiger partial charge in [-0.05, 0) is 0 Å². The van der Waals surface area contributed by atoms with Crippen LogP contribution in [0.3, 0.4) is 0 Å². The van der Waals surface area contributed by atoms with E-state index < -0.39 is 22.4 Å². The number of halogens is 2. The zero-order valence-electron chi connectivity index (χ0n) is 9.72. The highest BCUT2D eigenvalue weighted by atomic mass is 32.2. The summed E-state index contributed by atoms with van der Waals surface area (Å²) in [4.78, 5) is 3.74. The average Bonchev–Trinajstić information content (AvgIpc) is 2.31. The third-order valence-electron chi connectivity index (χ3n) is 2.11. The highest BCUT2D eigenvalue weighted by Gasteiger charge is 2.10. The van der Waals surface area contributed by atoms with Gasteiger partial charge in [-0.2, -0.15) is 0 Å². The van der Waals surface area contributed by atoms with Crippen LogP contribution < -0.4 is 10.6 Å². The van der Waals surface area contributed by atoms with E-state index in [1.54, 1.807) is 0 Å². The van der Waals surface area contributed by atoms with E-state index in [0.29, 0.717) is 18.1 Å². The van der Waals surface area contributed by atoms with Crippen molar-refractivity contribution < 1.29 is 13.0 Å². The van der Waals surface area contributed by atoms with E-state index in [0.717, 1.165) is 6.07 Å². The number of pyridine rings is 1. The molecule has 1 unspecified atom stereocenters. The summed E-state index contributed by atoms with van der Waals surface area (Å²) in [5.74, 6) is -0.599. The van der Waals surface area contributed by atoms with Crippen molar-refractivity contribution in [3.63, 3.8) is 0 Å². The number of aromatic nitrogens is 1. The van der Waals surface area contributed by atoms with Crippen LogP contribution in [0.1, 0.15) is 6.92 Å². The first-order valence-electron chi connectivity index (χ1n) is 5.21. The predicted molar refractivity (Wildman–Crippen MR) is 65.7 cm³/mol. The summed E-state index contributed by atoms with van der Waals surface area (Å²) in [5, 5.41) is 5.21. The van der Waals surface area contributed by atoms with Crippen molar-refractivity contribution in [3.05, 3.63) is 17.7 Å². The zero-order chi connectivity index (χ0) is 12.8. The Morgan fingerprint density at radius 2 is 2.00 bits per heavy atom. The van der Waals surface area contributed by atoms with Gasteiger partial charge in [-0.3, -0.25) is 4.21 Å². The van der Waals surface area contributed by atoms with Crippen LogP contribution in [0, 0.1) is 11.6 Å². The Balaban J connectivity index is 2.67. The van der Waals surface area contributed by atoms with E-state index in [9.17, 15) is 13.0 Å². The molecule has 0 fully saturated rings. The Hall–Kier alpha value is -1.24. The van der Waals surface area contributed by atoms with Gasteiger partial charge in [0.05, 0.1) is 0 Å². The molecular weight excluding hydrogens is 248 g/mol. The molecule has 17 heavy (non-hydrogen) atoms. The Morgan fingerprint density at radius 3 is 2.59 bits per heavy atom. The van der Waals surface area contributed by atoms with Gasteiger partial charge >= 0.3 is 0 Å². The second-order valence-corrected chi connectivity index (χ2v) is 5.12. The van der Waals surface area contributed by atoms with Gasteiger partial charge in [0, 0.05) is 42.0 Å². The molecule has 4 nitrogen and oxygen atoms in total. The minimum atomic E-state index is -0.921. The molecule has 0 aliphatic heterocycles. The van der Waals surface area contributed by atoms with Crippen LogP contribution in [0.4, 0.5) is 20.4 Å². The van der Waals surface area contributed by atoms with E-state index in [-0.39, 0.29) is 11.6 Å². The SMILES string of the molecule is CCS(=O)CCNc1nc(NC)c(F)cc1F. The largest absolute Gasteiger partial charge is 0.371 e. The second kappa shape index (κ2) is 6.48. The monoisotopic (exact) mass is 263 g/mol.